The van der Waals surface area contributed by atoms with E-state index in [0.717, 1.165) is 25.8 Å². The normalized spacial score (nSPS) is 31.1. The molecule has 0 aliphatic carbocycles. The van der Waals surface area contributed by atoms with E-state index in [9.17, 15) is 13.2 Å². The number of hydrogen-bond donors (Lipinski definition) is 2. The van der Waals surface area contributed by atoms with Gasteiger partial charge in [0.05, 0.1) is 5.75 Å². The Hall–Kier alpha value is -0.660. The quantitative estimate of drug-likeness (QED) is 0.712. The summed E-state index contributed by atoms with van der Waals surface area (Å²) in [6, 6.07) is -0.562. The molecule has 2 N–H and O–H groups in total. The van der Waals surface area contributed by atoms with Crippen LogP contribution in [0.3, 0.4) is 0 Å². The van der Waals surface area contributed by atoms with Crippen LogP contribution >= 0.6 is 0 Å². The van der Waals surface area contributed by atoms with Crippen molar-refractivity contribution in [3.8, 4) is 0 Å². The molecule has 7 heteroatoms. The zero-order chi connectivity index (χ0) is 13.2. The third-order valence-corrected chi connectivity index (χ3v) is 5.66. The van der Waals surface area contributed by atoms with Gasteiger partial charge in [0.15, 0.2) is 0 Å². The first kappa shape index (κ1) is 13.8. The van der Waals surface area contributed by atoms with Crippen molar-refractivity contribution in [1.29, 1.82) is 0 Å². The van der Waals surface area contributed by atoms with E-state index in [-0.39, 0.29) is 17.7 Å². The molecule has 2 rings (SSSR count). The monoisotopic (exact) mass is 275 g/mol. The van der Waals surface area contributed by atoms with Crippen molar-refractivity contribution in [2.75, 3.05) is 25.4 Å². The number of piperidine rings is 1. The highest BCUT2D eigenvalue weighted by molar-refractivity contribution is 7.89. The lowest BCUT2D eigenvalue weighted by Gasteiger charge is -2.33. The van der Waals surface area contributed by atoms with E-state index in [1.807, 2.05) is 0 Å². The Kier molecular flexibility index (Phi) is 4.24. The largest absolute Gasteiger partial charge is 0.353 e. The summed E-state index contributed by atoms with van der Waals surface area (Å²) in [5.41, 5.74) is 0. The molecule has 2 fully saturated rings. The van der Waals surface area contributed by atoms with Gasteiger partial charge in [0.2, 0.25) is 15.9 Å². The molecule has 0 radical (unpaired) electrons. The van der Waals surface area contributed by atoms with Crippen LogP contribution in [0.5, 0.6) is 0 Å². The zero-order valence-electron chi connectivity index (χ0n) is 10.7. The number of nitrogens with one attached hydrogen (secondary N) is 2. The molecule has 0 aromatic rings. The maximum atomic E-state index is 12.3. The number of hydrogen-bond acceptors (Lipinski definition) is 4. The highest BCUT2D eigenvalue weighted by atomic mass is 32.2. The second kappa shape index (κ2) is 5.54. The van der Waals surface area contributed by atoms with Crippen LogP contribution in [0.1, 0.15) is 26.2 Å². The molecule has 0 spiro atoms. The standard InChI is InChI=1S/C11H21N3O3S/c1-9-11(15)13-6-7-14(9)18(16,17)8-10-4-2-3-5-12-10/h9-10,12H,2-8H2,1H3,(H,13,15). The van der Waals surface area contributed by atoms with Crippen molar-refractivity contribution in [3.63, 3.8) is 0 Å². The highest BCUT2D eigenvalue weighted by Gasteiger charge is 2.35. The van der Waals surface area contributed by atoms with Gasteiger partial charge in [0, 0.05) is 19.1 Å². The Morgan fingerprint density at radius 3 is 2.78 bits per heavy atom. The predicted molar refractivity (Wildman–Crippen MR) is 68.6 cm³/mol. The second-order valence-electron chi connectivity index (χ2n) is 5.00. The fraction of sp³-hybridized carbons (Fsp3) is 0.909. The van der Waals surface area contributed by atoms with E-state index in [2.05, 4.69) is 10.6 Å². The summed E-state index contributed by atoms with van der Waals surface area (Å²) in [5.74, 6) is -0.105. The molecule has 2 aliphatic heterocycles. The smallest absolute Gasteiger partial charge is 0.238 e. The van der Waals surface area contributed by atoms with E-state index >= 15 is 0 Å². The molecule has 0 aromatic heterocycles. The summed E-state index contributed by atoms with van der Waals surface area (Å²) >= 11 is 0. The van der Waals surface area contributed by atoms with Crippen molar-refractivity contribution in [1.82, 2.24) is 14.9 Å². The Bertz CT molecular complexity index is 404. The number of amides is 1. The predicted octanol–water partition coefficient (Wildman–Crippen LogP) is -0.721. The average Bonchev–Trinajstić information content (AvgIpc) is 2.33. The number of carbonyl (C=O) groups excluding carboxylic acids is 1. The Balaban J connectivity index is 2.02. The summed E-state index contributed by atoms with van der Waals surface area (Å²) in [5, 5.41) is 5.91. The molecule has 0 aromatic carbocycles. The molecular weight excluding hydrogens is 254 g/mol. The molecular formula is C11H21N3O3S. The second-order valence-corrected chi connectivity index (χ2v) is 6.97. The molecule has 2 atom stereocenters. The van der Waals surface area contributed by atoms with E-state index in [0.29, 0.717) is 13.1 Å². The minimum Gasteiger partial charge on any atom is -0.353 e. The maximum absolute atomic E-state index is 12.3. The summed E-state index contributed by atoms with van der Waals surface area (Å²) in [6.45, 7) is 3.30. The zero-order valence-corrected chi connectivity index (χ0v) is 11.5. The average molecular weight is 275 g/mol. The van der Waals surface area contributed by atoms with Crippen LogP contribution in [0.4, 0.5) is 0 Å². The van der Waals surface area contributed by atoms with Gasteiger partial charge in [-0.05, 0) is 26.3 Å². The van der Waals surface area contributed by atoms with Gasteiger partial charge in [-0.3, -0.25) is 4.79 Å². The van der Waals surface area contributed by atoms with E-state index < -0.39 is 16.1 Å². The Labute approximate surface area is 108 Å². The summed E-state index contributed by atoms with van der Waals surface area (Å²) in [6.07, 6.45) is 3.08. The summed E-state index contributed by atoms with van der Waals surface area (Å²) < 4.78 is 26.0. The molecule has 2 aliphatic rings. The third kappa shape index (κ3) is 3.02. The molecule has 0 saturated carbocycles. The van der Waals surface area contributed by atoms with Crippen LogP contribution < -0.4 is 10.6 Å². The van der Waals surface area contributed by atoms with Crippen molar-refractivity contribution >= 4 is 15.9 Å². The molecule has 6 nitrogen and oxygen atoms in total. The molecule has 2 heterocycles. The van der Waals surface area contributed by atoms with Gasteiger partial charge in [-0.15, -0.1) is 0 Å². The number of carbonyl (C=O) groups is 1. The molecule has 2 unspecified atom stereocenters. The van der Waals surface area contributed by atoms with Gasteiger partial charge in [0.1, 0.15) is 6.04 Å². The van der Waals surface area contributed by atoms with Crippen LogP contribution in [0.2, 0.25) is 0 Å². The molecule has 1 amide bonds. The first-order chi connectivity index (χ1) is 8.50. The minimum absolute atomic E-state index is 0.0286. The van der Waals surface area contributed by atoms with E-state index in [1.165, 1.54) is 4.31 Å². The fourth-order valence-electron chi connectivity index (χ4n) is 2.56. The Morgan fingerprint density at radius 2 is 2.11 bits per heavy atom. The van der Waals surface area contributed by atoms with Crippen LogP contribution in [-0.4, -0.2) is 56.1 Å². The number of rotatable bonds is 3. The molecule has 104 valence electrons. The molecule has 18 heavy (non-hydrogen) atoms. The lowest BCUT2D eigenvalue weighted by atomic mass is 10.1. The number of sulfonamides is 1. The van der Waals surface area contributed by atoms with E-state index in [1.54, 1.807) is 6.92 Å². The van der Waals surface area contributed by atoms with Gasteiger partial charge < -0.3 is 10.6 Å². The first-order valence-electron chi connectivity index (χ1n) is 6.51. The first-order valence-corrected chi connectivity index (χ1v) is 8.12. The maximum Gasteiger partial charge on any atom is 0.238 e. The van der Waals surface area contributed by atoms with Gasteiger partial charge in [-0.25, -0.2) is 8.42 Å². The number of piperazine rings is 1. The van der Waals surface area contributed by atoms with Gasteiger partial charge in [-0.2, -0.15) is 4.31 Å². The highest BCUT2D eigenvalue weighted by Crippen LogP contribution is 2.15. The van der Waals surface area contributed by atoms with Crippen LogP contribution in [-0.2, 0) is 14.8 Å². The van der Waals surface area contributed by atoms with Gasteiger partial charge >= 0.3 is 0 Å². The van der Waals surface area contributed by atoms with Crippen LogP contribution in [0.25, 0.3) is 0 Å². The third-order valence-electron chi connectivity index (χ3n) is 3.62. The fourth-order valence-corrected chi connectivity index (χ4v) is 4.49. The molecule has 0 bridgehead atoms. The lowest BCUT2D eigenvalue weighted by Crippen LogP contribution is -2.57. The van der Waals surface area contributed by atoms with Gasteiger partial charge in [0.25, 0.3) is 0 Å². The SMILES string of the molecule is CC1C(=O)NCCN1S(=O)(=O)CC1CCCCN1. The van der Waals surface area contributed by atoms with Crippen LogP contribution in [0.15, 0.2) is 0 Å². The van der Waals surface area contributed by atoms with Crippen molar-refractivity contribution in [3.05, 3.63) is 0 Å². The topological polar surface area (TPSA) is 78.5 Å². The number of nitrogens with zero attached hydrogens (tertiary/aromatic N) is 1. The van der Waals surface area contributed by atoms with Crippen molar-refractivity contribution < 1.29 is 13.2 Å². The summed E-state index contributed by atoms with van der Waals surface area (Å²) in [7, 11) is -3.36. The lowest BCUT2D eigenvalue weighted by molar-refractivity contribution is -0.126. The van der Waals surface area contributed by atoms with Gasteiger partial charge in [-0.1, -0.05) is 6.42 Å². The molecule has 2 saturated heterocycles. The van der Waals surface area contributed by atoms with Crippen molar-refractivity contribution in [2.45, 2.75) is 38.3 Å². The van der Waals surface area contributed by atoms with Crippen molar-refractivity contribution in [2.24, 2.45) is 0 Å². The van der Waals surface area contributed by atoms with E-state index in [4.69, 9.17) is 0 Å². The minimum atomic E-state index is -3.36. The van der Waals surface area contributed by atoms with Crippen LogP contribution in [0, 0.1) is 0 Å². The Morgan fingerprint density at radius 1 is 1.33 bits per heavy atom. The summed E-state index contributed by atoms with van der Waals surface area (Å²) in [4.78, 5) is 11.5.